The molecule has 46 heavy (non-hydrogen) atoms. The number of nitrogens with zero attached hydrogens (tertiary/aromatic N) is 4. The third kappa shape index (κ3) is 6.96. The molecular weight excluding hydrogens is 604 g/mol. The second kappa shape index (κ2) is 12.5. The number of amides is 1. The van der Waals surface area contributed by atoms with Crippen molar-refractivity contribution < 1.29 is 32.9 Å². The zero-order chi connectivity index (χ0) is 33.7. The Labute approximate surface area is 273 Å². The molecule has 2 aromatic heterocycles. The largest absolute Gasteiger partial charge is 0.479 e. The number of benzene rings is 1. The zero-order valence-corrected chi connectivity index (χ0v) is 30.1. The molecule has 1 aromatic carbocycles. The van der Waals surface area contributed by atoms with Crippen LogP contribution in [-0.4, -0.2) is 77.2 Å². The van der Waals surface area contributed by atoms with Crippen LogP contribution in [0.4, 0.5) is 4.79 Å². The summed E-state index contributed by atoms with van der Waals surface area (Å²) >= 11 is 0. The van der Waals surface area contributed by atoms with Gasteiger partial charge >= 0.3 is 6.09 Å². The number of ether oxygens (including phenoxy) is 5. The molecule has 11 nitrogen and oxygen atoms in total. The van der Waals surface area contributed by atoms with Gasteiger partial charge in [0.05, 0.1) is 32.4 Å². The fraction of sp³-hybridized carbons (Fsp3) is 0.618. The highest BCUT2D eigenvalue weighted by atomic mass is 28.4. The summed E-state index contributed by atoms with van der Waals surface area (Å²) in [6.07, 6.45) is 1.98. The van der Waals surface area contributed by atoms with Crippen LogP contribution in [0.3, 0.4) is 0 Å². The predicted octanol–water partition coefficient (Wildman–Crippen LogP) is 6.82. The molecule has 0 saturated carbocycles. The third-order valence-corrected chi connectivity index (χ3v) is 13.5. The van der Waals surface area contributed by atoms with Crippen molar-refractivity contribution in [2.45, 2.75) is 123 Å². The van der Waals surface area contributed by atoms with Gasteiger partial charge in [0.25, 0.3) is 0 Å². The van der Waals surface area contributed by atoms with Gasteiger partial charge in [0.1, 0.15) is 41.9 Å². The summed E-state index contributed by atoms with van der Waals surface area (Å²) in [4.78, 5) is 25.1. The topological polar surface area (TPSA) is 106 Å². The van der Waals surface area contributed by atoms with E-state index in [1.165, 1.54) is 6.33 Å². The average molecular weight is 655 g/mol. The molecule has 2 saturated heterocycles. The lowest BCUT2D eigenvalue weighted by molar-refractivity contribution is -0.168. The normalized spacial score (nSPS) is 23.2. The molecule has 2 fully saturated rings. The van der Waals surface area contributed by atoms with Crippen molar-refractivity contribution >= 4 is 25.4 Å². The Balaban J connectivity index is 1.60. The first-order chi connectivity index (χ1) is 21.4. The maximum absolute atomic E-state index is 14.2. The van der Waals surface area contributed by atoms with Crippen LogP contribution in [-0.2, 0) is 36.7 Å². The fourth-order valence-electron chi connectivity index (χ4n) is 5.89. The van der Waals surface area contributed by atoms with E-state index in [1.807, 2.05) is 75.7 Å². The molecule has 0 N–H and O–H groups in total. The lowest BCUT2D eigenvalue weighted by Gasteiger charge is -2.40. The predicted molar refractivity (Wildman–Crippen MR) is 177 cm³/mol. The Morgan fingerprint density at radius 3 is 2.33 bits per heavy atom. The monoisotopic (exact) mass is 654 g/mol. The highest BCUT2D eigenvalue weighted by molar-refractivity contribution is 6.74. The molecule has 4 unspecified atom stereocenters. The van der Waals surface area contributed by atoms with Gasteiger partial charge in [0.15, 0.2) is 14.1 Å². The standard InChI is InChI=1S/C34H50N4O7Si/c1-32(2,3)45-31(39)38-24(19-42-46(10,11)33(4,5)6)28-29(44-34(7,8)43-28)26(38)23-17-37(21-41-18-22-15-13-12-14-16-22)27-25(23)35-20-36-30(27)40-9/h12-17,20,24,26,28-29H,18-19,21H2,1-11H3. The summed E-state index contributed by atoms with van der Waals surface area (Å²) in [5.41, 5.74) is 2.38. The van der Waals surface area contributed by atoms with Crippen LogP contribution in [0.25, 0.3) is 11.0 Å². The highest BCUT2D eigenvalue weighted by Gasteiger charge is 2.61. The molecule has 4 heterocycles. The quantitative estimate of drug-likeness (QED) is 0.230. The summed E-state index contributed by atoms with van der Waals surface area (Å²) < 4.78 is 39.7. The average Bonchev–Trinajstić information content (AvgIpc) is 3.57. The summed E-state index contributed by atoms with van der Waals surface area (Å²) in [5.74, 6) is -0.466. The lowest BCUT2D eigenvalue weighted by Crippen LogP contribution is -2.50. The number of hydrogen-bond donors (Lipinski definition) is 0. The Kier molecular flexibility index (Phi) is 9.35. The van der Waals surface area contributed by atoms with E-state index in [-0.39, 0.29) is 18.4 Å². The number of methoxy groups -OCH3 is 1. The number of aromatic nitrogens is 3. The Hall–Kier alpha value is -3.03. The van der Waals surface area contributed by atoms with Gasteiger partial charge in [0.2, 0.25) is 5.88 Å². The molecule has 0 aliphatic carbocycles. The zero-order valence-electron chi connectivity index (χ0n) is 29.1. The van der Waals surface area contributed by atoms with Crippen LogP contribution < -0.4 is 4.74 Å². The molecule has 0 bridgehead atoms. The number of rotatable bonds is 9. The van der Waals surface area contributed by atoms with Gasteiger partial charge in [-0.3, -0.25) is 4.90 Å². The van der Waals surface area contributed by atoms with Gasteiger partial charge in [-0.15, -0.1) is 0 Å². The Bertz CT molecular complexity index is 1530. The minimum atomic E-state index is -2.19. The van der Waals surface area contributed by atoms with Gasteiger partial charge in [-0.1, -0.05) is 51.1 Å². The molecule has 5 rings (SSSR count). The molecule has 0 spiro atoms. The highest BCUT2D eigenvalue weighted by Crippen LogP contribution is 2.50. The van der Waals surface area contributed by atoms with Crippen molar-refractivity contribution in [1.82, 2.24) is 19.4 Å². The Morgan fingerprint density at radius 1 is 1.02 bits per heavy atom. The minimum absolute atomic E-state index is 0.0197. The SMILES string of the molecule is COc1ncnc2c(C3C4OC(C)(C)OC4C(CO[Si](C)(C)C(C)(C)C)N3C(=O)OC(C)(C)C)cn(COCc3ccccc3)c12. The summed E-state index contributed by atoms with van der Waals surface area (Å²) in [5, 5.41) is -0.0197. The van der Waals surface area contributed by atoms with E-state index in [1.54, 1.807) is 12.0 Å². The van der Waals surface area contributed by atoms with E-state index in [0.717, 1.165) is 11.1 Å². The minimum Gasteiger partial charge on any atom is -0.479 e. The number of likely N-dealkylation sites (tertiary alicyclic amines) is 1. The second-order valence-corrected chi connectivity index (χ2v) is 19.9. The van der Waals surface area contributed by atoms with Gasteiger partial charge in [-0.05, 0) is 58.3 Å². The van der Waals surface area contributed by atoms with Gasteiger partial charge in [0, 0.05) is 11.8 Å². The van der Waals surface area contributed by atoms with Crippen molar-refractivity contribution in [2.24, 2.45) is 0 Å². The van der Waals surface area contributed by atoms with E-state index in [0.29, 0.717) is 23.5 Å². The molecular formula is C34H50N4O7Si. The maximum Gasteiger partial charge on any atom is 0.411 e. The van der Waals surface area contributed by atoms with E-state index in [2.05, 4.69) is 38.8 Å². The molecule has 2 aliphatic heterocycles. The molecule has 2 aliphatic rings. The molecule has 12 heteroatoms. The number of carbonyl (C=O) groups excluding carboxylic acids is 1. The lowest BCUT2D eigenvalue weighted by atomic mass is 10.0. The summed E-state index contributed by atoms with van der Waals surface area (Å²) in [6, 6.07) is 8.90. The van der Waals surface area contributed by atoms with Crippen LogP contribution in [0.1, 0.15) is 72.6 Å². The van der Waals surface area contributed by atoms with E-state index in [9.17, 15) is 4.79 Å². The first kappa shape index (κ1) is 34.3. The van der Waals surface area contributed by atoms with Gasteiger partial charge in [-0.2, -0.15) is 4.98 Å². The molecule has 0 radical (unpaired) electrons. The van der Waals surface area contributed by atoms with Crippen LogP contribution in [0.5, 0.6) is 5.88 Å². The number of carbonyl (C=O) groups is 1. The maximum atomic E-state index is 14.2. The van der Waals surface area contributed by atoms with Crippen molar-refractivity contribution in [2.75, 3.05) is 13.7 Å². The Morgan fingerprint density at radius 2 is 1.70 bits per heavy atom. The van der Waals surface area contributed by atoms with Gasteiger partial charge in [-0.25, -0.2) is 9.78 Å². The van der Waals surface area contributed by atoms with E-state index >= 15 is 0 Å². The molecule has 1 amide bonds. The van der Waals surface area contributed by atoms with Crippen molar-refractivity contribution in [3.05, 3.63) is 54.0 Å². The molecule has 4 atom stereocenters. The van der Waals surface area contributed by atoms with Crippen LogP contribution >= 0.6 is 0 Å². The van der Waals surface area contributed by atoms with Crippen LogP contribution in [0, 0.1) is 0 Å². The first-order valence-corrected chi connectivity index (χ1v) is 18.8. The first-order valence-electron chi connectivity index (χ1n) is 15.9. The number of fused-ring (bicyclic) bond motifs is 2. The van der Waals surface area contributed by atoms with Crippen molar-refractivity contribution in [3.8, 4) is 5.88 Å². The summed E-state index contributed by atoms with van der Waals surface area (Å²) in [7, 11) is -0.616. The van der Waals surface area contributed by atoms with Crippen molar-refractivity contribution in [3.63, 3.8) is 0 Å². The second-order valence-electron chi connectivity index (χ2n) is 15.1. The van der Waals surface area contributed by atoms with Gasteiger partial charge < -0.3 is 32.7 Å². The summed E-state index contributed by atoms with van der Waals surface area (Å²) in [6.45, 7) is 21.3. The molecule has 252 valence electrons. The smallest absolute Gasteiger partial charge is 0.411 e. The van der Waals surface area contributed by atoms with E-state index < -0.39 is 50.1 Å². The number of hydrogen-bond acceptors (Lipinski definition) is 9. The van der Waals surface area contributed by atoms with Crippen molar-refractivity contribution in [1.29, 1.82) is 0 Å². The fourth-order valence-corrected chi connectivity index (χ4v) is 6.91. The van der Waals surface area contributed by atoms with Crippen LogP contribution in [0.15, 0.2) is 42.9 Å². The van der Waals surface area contributed by atoms with E-state index in [4.69, 9.17) is 33.1 Å². The molecule has 3 aromatic rings. The third-order valence-electron chi connectivity index (χ3n) is 9.03. The van der Waals surface area contributed by atoms with Crippen LogP contribution in [0.2, 0.25) is 18.1 Å².